The number of carbonyl (C=O) groups is 2. The summed E-state index contributed by atoms with van der Waals surface area (Å²) in [6.45, 7) is 3.26. The van der Waals surface area contributed by atoms with Gasteiger partial charge in [-0.25, -0.2) is 45.0 Å². The van der Waals surface area contributed by atoms with Crippen molar-refractivity contribution in [3.8, 4) is 0 Å². The van der Waals surface area contributed by atoms with E-state index in [0.717, 1.165) is 25.2 Å². The summed E-state index contributed by atoms with van der Waals surface area (Å²) in [5, 5.41) is 0. The van der Waals surface area contributed by atoms with E-state index < -0.39 is 46.3 Å². The van der Waals surface area contributed by atoms with E-state index >= 15 is 0 Å². The van der Waals surface area contributed by atoms with Gasteiger partial charge in [-0.1, -0.05) is 0 Å². The molecule has 2 saturated carbocycles. The Bertz CT molecular complexity index is 1010. The van der Waals surface area contributed by atoms with Crippen LogP contribution in [-0.2, 0) is 25.8 Å². The number of nitrogens with zero attached hydrogens (tertiary/aromatic N) is 2. The fourth-order valence-electron chi connectivity index (χ4n) is 2.35. The zero-order valence-corrected chi connectivity index (χ0v) is 25.2. The van der Waals surface area contributed by atoms with Crippen molar-refractivity contribution in [3.63, 3.8) is 0 Å². The molecule has 0 amide bonds. The summed E-state index contributed by atoms with van der Waals surface area (Å²) in [5.74, 6) is -5.92. The normalized spacial score (nSPS) is 13.1. The average Bonchev–Trinajstić information content (AvgIpc) is 3.72. The van der Waals surface area contributed by atoms with Gasteiger partial charge in [0.2, 0.25) is 0 Å². The number of halogens is 6. The second-order valence-electron chi connectivity index (χ2n) is 6.85. The van der Waals surface area contributed by atoms with Crippen molar-refractivity contribution in [2.24, 2.45) is 0 Å². The van der Waals surface area contributed by atoms with Crippen LogP contribution < -0.4 is 0 Å². The van der Waals surface area contributed by atoms with Crippen molar-refractivity contribution in [1.29, 1.82) is 0 Å². The molecule has 0 bridgehead atoms. The predicted octanol–water partition coefficient (Wildman–Crippen LogP) is 6.54. The van der Waals surface area contributed by atoms with Gasteiger partial charge >= 0.3 is 41.9 Å². The van der Waals surface area contributed by atoms with Gasteiger partial charge in [0.05, 0.1) is 31.3 Å². The molecule has 2 aromatic rings. The molecule has 188 valence electrons. The van der Waals surface area contributed by atoms with E-state index in [-0.39, 0.29) is 29.4 Å². The summed E-state index contributed by atoms with van der Waals surface area (Å²) in [6.07, 6.45) is 8.29. The molecule has 0 radical (unpaired) electrons. The molecule has 0 saturated heterocycles. The van der Waals surface area contributed by atoms with Crippen LogP contribution in [0.25, 0.3) is 0 Å². The number of ether oxygens (including phenoxy) is 2. The molecule has 0 unspecified atom stereocenters. The van der Waals surface area contributed by atoms with Gasteiger partial charge in [-0.3, -0.25) is 4.98 Å². The Hall–Kier alpha value is -1.46. The average molecular weight is 680 g/mol. The van der Waals surface area contributed by atoms with E-state index in [1.54, 1.807) is 13.8 Å². The summed E-state index contributed by atoms with van der Waals surface area (Å²) in [6, 6.07) is 0. The first-order valence-electron chi connectivity index (χ1n) is 10.5. The number of hydrogen-bond acceptors (Lipinski definition) is 6. The molecular weight excluding hydrogens is 657 g/mol. The third kappa shape index (κ3) is 10.2. The second-order valence-corrected chi connectivity index (χ2v) is 7.60. The van der Waals surface area contributed by atoms with Crippen molar-refractivity contribution in [2.75, 3.05) is 13.2 Å². The summed E-state index contributed by atoms with van der Waals surface area (Å²) >= 11 is 6.99. The van der Waals surface area contributed by atoms with E-state index in [4.69, 9.17) is 0 Å². The van der Waals surface area contributed by atoms with Gasteiger partial charge in [-0.15, -0.1) is 0 Å². The van der Waals surface area contributed by atoms with E-state index in [1.165, 1.54) is 29.2 Å². The molecule has 0 aliphatic heterocycles. The van der Waals surface area contributed by atoms with Gasteiger partial charge in [0.1, 0.15) is 15.7 Å². The third-order valence-corrected chi connectivity index (χ3v) is 4.70. The van der Waals surface area contributed by atoms with Crippen LogP contribution in [0.4, 0.5) is 17.6 Å². The SMILES string of the molecule is CCOC(=O)c1c(F)cnc(Br)c1F.CCOC(=O)c1c(F)cnc(C2CC2)c1F.[CH-]1CC1.[Zn+][Br]. The summed E-state index contributed by atoms with van der Waals surface area (Å²) in [4.78, 5) is 29.5. The number of pyridine rings is 2. The van der Waals surface area contributed by atoms with Crippen LogP contribution in [0.1, 0.15) is 71.9 Å². The molecule has 35 heavy (non-hydrogen) atoms. The Morgan fingerprint density at radius 2 is 1.37 bits per heavy atom. The summed E-state index contributed by atoms with van der Waals surface area (Å²) in [7, 11) is 0. The van der Waals surface area contributed by atoms with E-state index in [1.807, 2.05) is 0 Å². The quantitative estimate of drug-likeness (QED) is 0.118. The van der Waals surface area contributed by atoms with Crippen LogP contribution in [0, 0.1) is 29.7 Å². The van der Waals surface area contributed by atoms with Crippen LogP contribution in [0.3, 0.4) is 0 Å². The molecule has 2 aliphatic rings. The molecular formula is C22H22Br2F4N2O4Zn. The Labute approximate surface area is 225 Å². The van der Waals surface area contributed by atoms with Crippen LogP contribution in [0.15, 0.2) is 17.0 Å². The van der Waals surface area contributed by atoms with Crippen LogP contribution in [0.5, 0.6) is 0 Å². The number of esters is 2. The molecule has 2 fully saturated rings. The van der Waals surface area contributed by atoms with Crippen LogP contribution in [-0.4, -0.2) is 35.1 Å². The molecule has 0 N–H and O–H groups in total. The zero-order valence-electron chi connectivity index (χ0n) is 19.1. The molecule has 2 heterocycles. The van der Waals surface area contributed by atoms with Gasteiger partial charge in [-0.05, 0) is 42.6 Å². The van der Waals surface area contributed by atoms with Gasteiger partial charge < -0.3 is 15.9 Å². The fourth-order valence-corrected chi connectivity index (χ4v) is 2.65. The third-order valence-electron chi connectivity index (χ3n) is 4.14. The number of rotatable bonds is 5. The monoisotopic (exact) mass is 676 g/mol. The Morgan fingerprint density at radius 1 is 0.943 bits per heavy atom. The molecule has 4 rings (SSSR count). The summed E-state index contributed by atoms with van der Waals surface area (Å²) < 4.78 is 62.1. The maximum atomic E-state index is 13.8. The molecule has 2 aliphatic carbocycles. The zero-order chi connectivity index (χ0) is 26.5. The van der Waals surface area contributed by atoms with E-state index in [2.05, 4.69) is 55.4 Å². The minimum absolute atomic E-state index is 0.0220. The van der Waals surface area contributed by atoms with E-state index in [0.29, 0.717) is 0 Å². The Morgan fingerprint density at radius 3 is 1.77 bits per heavy atom. The first kappa shape index (κ1) is 31.6. The molecule has 13 heteroatoms. The number of carbonyl (C=O) groups excluding carboxylic acids is 2. The molecule has 0 aromatic carbocycles. The first-order chi connectivity index (χ1) is 16.7. The topological polar surface area (TPSA) is 78.4 Å². The molecule has 0 atom stereocenters. The molecule has 6 nitrogen and oxygen atoms in total. The first-order valence-corrected chi connectivity index (χ1v) is 18.2. The summed E-state index contributed by atoms with van der Waals surface area (Å²) in [5.41, 5.74) is -1.18. The molecule has 0 spiro atoms. The number of aromatic nitrogens is 2. The van der Waals surface area contributed by atoms with Gasteiger partial charge in [0.25, 0.3) is 0 Å². The van der Waals surface area contributed by atoms with Gasteiger partial charge in [0.15, 0.2) is 23.3 Å². The van der Waals surface area contributed by atoms with Crippen molar-refractivity contribution in [1.82, 2.24) is 9.97 Å². The Kier molecular flexibility index (Phi) is 14.7. The van der Waals surface area contributed by atoms with Crippen LogP contribution >= 0.6 is 29.6 Å². The fraction of sp³-hybridized carbons (Fsp3) is 0.409. The maximum absolute atomic E-state index is 13.8. The predicted molar refractivity (Wildman–Crippen MR) is 122 cm³/mol. The Balaban J connectivity index is 0.000000295. The standard InChI is InChI=1S/C11H11F2NO2.C8H6BrF2NO2.C3H5.BrH.Zn/c1-2-16-11(15)8-7(12)5-14-10(9(8)13)6-3-4-6;1-2-14-8(13)5-4(10)3-12-7(9)6(5)11;1-2-3-1;;/h5-6H,2-4H2,1H3;3H,2H2,1H3;1H,2-3H2;1H;/q;;-1;;+2/p-1. The van der Waals surface area contributed by atoms with Gasteiger partial charge in [-0.2, -0.15) is 0 Å². The second kappa shape index (κ2) is 16.3. The van der Waals surface area contributed by atoms with Gasteiger partial charge in [0, 0.05) is 5.92 Å². The van der Waals surface area contributed by atoms with Crippen molar-refractivity contribution in [3.05, 3.63) is 63.5 Å². The van der Waals surface area contributed by atoms with Crippen LogP contribution in [0.2, 0.25) is 0 Å². The minimum atomic E-state index is -1.05. The molecule has 2 aromatic heterocycles. The van der Waals surface area contributed by atoms with Crippen molar-refractivity contribution < 1.29 is 53.0 Å². The van der Waals surface area contributed by atoms with E-state index in [9.17, 15) is 27.2 Å². The van der Waals surface area contributed by atoms with Crippen molar-refractivity contribution in [2.45, 2.75) is 45.4 Å². The van der Waals surface area contributed by atoms with Crippen molar-refractivity contribution >= 4 is 41.5 Å². The number of hydrogen-bond donors (Lipinski definition) is 0.